The maximum Gasteiger partial charge on any atom is 0.0561 e. The van der Waals surface area contributed by atoms with Crippen LogP contribution in [0, 0.1) is 0 Å². The van der Waals surface area contributed by atoms with E-state index in [2.05, 4.69) is 46.8 Å². The van der Waals surface area contributed by atoms with Crippen molar-refractivity contribution in [2.75, 3.05) is 20.6 Å². The first-order valence-electron chi connectivity index (χ1n) is 6.08. The minimum absolute atomic E-state index is 0.425. The lowest BCUT2D eigenvalue weighted by molar-refractivity contribution is 0.292. The Hall–Kier alpha value is -1.23. The summed E-state index contributed by atoms with van der Waals surface area (Å²) in [6.07, 6.45) is 1.83. The van der Waals surface area contributed by atoms with Gasteiger partial charge in [0.1, 0.15) is 0 Å². The number of likely N-dealkylation sites (N-methyl/N-ethyl adjacent to an activating group) is 1. The van der Waals surface area contributed by atoms with Gasteiger partial charge in [0, 0.05) is 24.2 Å². The van der Waals surface area contributed by atoms with E-state index in [1.165, 1.54) is 4.88 Å². The van der Waals surface area contributed by atoms with Crippen LogP contribution in [-0.4, -0.2) is 30.5 Å². The molecule has 0 aliphatic rings. The van der Waals surface area contributed by atoms with Crippen LogP contribution in [0.15, 0.2) is 41.9 Å². The molecule has 1 atom stereocenters. The van der Waals surface area contributed by atoms with Gasteiger partial charge in [-0.3, -0.25) is 4.98 Å². The normalized spacial score (nSPS) is 12.8. The predicted octanol–water partition coefficient (Wildman–Crippen LogP) is 2.54. The van der Waals surface area contributed by atoms with Gasteiger partial charge in [-0.25, -0.2) is 0 Å². The molecule has 0 aliphatic heterocycles. The van der Waals surface area contributed by atoms with E-state index in [0.29, 0.717) is 6.04 Å². The number of hydrogen-bond acceptors (Lipinski definition) is 4. The third-order valence-electron chi connectivity index (χ3n) is 2.86. The van der Waals surface area contributed by atoms with Crippen LogP contribution in [0.2, 0.25) is 0 Å². The van der Waals surface area contributed by atoms with Crippen LogP contribution in [0.25, 0.3) is 0 Å². The smallest absolute Gasteiger partial charge is 0.0561 e. The Labute approximate surface area is 112 Å². The quantitative estimate of drug-likeness (QED) is 0.866. The summed E-state index contributed by atoms with van der Waals surface area (Å²) in [5, 5.41) is 5.60. The molecule has 0 bridgehead atoms. The van der Waals surface area contributed by atoms with Gasteiger partial charge in [0.2, 0.25) is 0 Å². The maximum atomic E-state index is 4.31. The van der Waals surface area contributed by atoms with E-state index in [1.807, 2.05) is 35.7 Å². The molecule has 3 nitrogen and oxygen atoms in total. The second-order valence-electron chi connectivity index (χ2n) is 4.45. The molecule has 0 spiro atoms. The predicted molar refractivity (Wildman–Crippen MR) is 76.7 cm³/mol. The number of thiophene rings is 1. The summed E-state index contributed by atoms with van der Waals surface area (Å²) in [4.78, 5) is 7.95. The Bertz CT molecular complexity index is 439. The molecule has 0 aromatic carbocycles. The van der Waals surface area contributed by atoms with Crippen LogP contribution in [0.4, 0.5) is 0 Å². The monoisotopic (exact) mass is 261 g/mol. The number of pyridine rings is 1. The van der Waals surface area contributed by atoms with E-state index in [4.69, 9.17) is 0 Å². The Morgan fingerprint density at radius 1 is 1.28 bits per heavy atom. The largest absolute Gasteiger partial charge is 0.309 e. The van der Waals surface area contributed by atoms with Gasteiger partial charge in [0.05, 0.1) is 11.7 Å². The van der Waals surface area contributed by atoms with Crippen molar-refractivity contribution >= 4 is 11.3 Å². The minimum atomic E-state index is 0.425. The molecule has 0 saturated heterocycles. The van der Waals surface area contributed by atoms with E-state index in [0.717, 1.165) is 18.8 Å². The maximum absolute atomic E-state index is 4.31. The highest BCUT2D eigenvalue weighted by Gasteiger charge is 2.14. The van der Waals surface area contributed by atoms with Crippen LogP contribution in [0.1, 0.15) is 16.6 Å². The lowest BCUT2D eigenvalue weighted by Gasteiger charge is -2.23. The second-order valence-corrected chi connectivity index (χ2v) is 5.43. The zero-order valence-corrected chi connectivity index (χ0v) is 11.7. The van der Waals surface area contributed by atoms with Crippen molar-refractivity contribution in [1.29, 1.82) is 0 Å². The van der Waals surface area contributed by atoms with Crippen LogP contribution in [0.5, 0.6) is 0 Å². The highest BCUT2D eigenvalue weighted by molar-refractivity contribution is 7.10. The fourth-order valence-corrected chi connectivity index (χ4v) is 2.78. The summed E-state index contributed by atoms with van der Waals surface area (Å²) in [5.74, 6) is 0. The topological polar surface area (TPSA) is 28.2 Å². The molecule has 4 heteroatoms. The van der Waals surface area contributed by atoms with Crippen molar-refractivity contribution in [2.45, 2.75) is 12.6 Å². The van der Waals surface area contributed by atoms with Crippen molar-refractivity contribution < 1.29 is 0 Å². The Kier molecular flexibility index (Phi) is 4.87. The fourth-order valence-electron chi connectivity index (χ4n) is 1.86. The lowest BCUT2D eigenvalue weighted by atomic mass is 10.2. The van der Waals surface area contributed by atoms with Crippen molar-refractivity contribution in [3.63, 3.8) is 0 Å². The fraction of sp³-hybridized carbons (Fsp3) is 0.357. The number of rotatable bonds is 6. The molecule has 2 rings (SSSR count). The van der Waals surface area contributed by atoms with Crippen LogP contribution < -0.4 is 5.32 Å². The number of aromatic nitrogens is 1. The van der Waals surface area contributed by atoms with Crippen LogP contribution in [-0.2, 0) is 6.54 Å². The molecule has 0 fully saturated rings. The molecule has 0 radical (unpaired) electrons. The molecule has 0 amide bonds. The van der Waals surface area contributed by atoms with Gasteiger partial charge in [0.25, 0.3) is 0 Å². The summed E-state index contributed by atoms with van der Waals surface area (Å²) in [6.45, 7) is 1.75. The Morgan fingerprint density at radius 3 is 2.78 bits per heavy atom. The average Bonchev–Trinajstić information content (AvgIpc) is 2.89. The third-order valence-corrected chi connectivity index (χ3v) is 3.84. The summed E-state index contributed by atoms with van der Waals surface area (Å²) in [5.41, 5.74) is 1.08. The van der Waals surface area contributed by atoms with Crippen LogP contribution >= 0.6 is 11.3 Å². The summed E-state index contributed by atoms with van der Waals surface area (Å²) < 4.78 is 0. The molecular formula is C14H19N3S. The van der Waals surface area contributed by atoms with E-state index < -0.39 is 0 Å². The molecule has 0 aliphatic carbocycles. The first-order chi connectivity index (χ1) is 8.77. The van der Waals surface area contributed by atoms with E-state index in [9.17, 15) is 0 Å². The van der Waals surface area contributed by atoms with E-state index in [-0.39, 0.29) is 0 Å². The highest BCUT2D eigenvalue weighted by Crippen LogP contribution is 2.22. The van der Waals surface area contributed by atoms with Crippen molar-refractivity contribution in [2.24, 2.45) is 0 Å². The number of nitrogens with zero attached hydrogens (tertiary/aromatic N) is 2. The average molecular weight is 261 g/mol. The van der Waals surface area contributed by atoms with Crippen LogP contribution in [0.3, 0.4) is 0 Å². The lowest BCUT2D eigenvalue weighted by Crippen LogP contribution is -2.30. The molecule has 2 aromatic heterocycles. The molecule has 0 saturated carbocycles. The van der Waals surface area contributed by atoms with Gasteiger partial charge in [0.15, 0.2) is 0 Å². The SMILES string of the molecule is CN(C)C(CNCc1ccccn1)c1cccs1. The Balaban J connectivity index is 1.87. The summed E-state index contributed by atoms with van der Waals surface area (Å²) in [6, 6.07) is 10.7. The molecular weight excluding hydrogens is 242 g/mol. The number of nitrogens with one attached hydrogen (secondary N) is 1. The highest BCUT2D eigenvalue weighted by atomic mass is 32.1. The number of hydrogen-bond donors (Lipinski definition) is 1. The van der Waals surface area contributed by atoms with Crippen molar-refractivity contribution in [3.05, 3.63) is 52.5 Å². The van der Waals surface area contributed by atoms with Gasteiger partial charge >= 0.3 is 0 Å². The minimum Gasteiger partial charge on any atom is -0.309 e. The Morgan fingerprint density at radius 2 is 2.17 bits per heavy atom. The second kappa shape index (κ2) is 6.64. The van der Waals surface area contributed by atoms with E-state index >= 15 is 0 Å². The van der Waals surface area contributed by atoms with Gasteiger partial charge in [-0.2, -0.15) is 0 Å². The van der Waals surface area contributed by atoms with Gasteiger partial charge < -0.3 is 10.2 Å². The zero-order chi connectivity index (χ0) is 12.8. The van der Waals surface area contributed by atoms with Crippen molar-refractivity contribution in [3.8, 4) is 0 Å². The summed E-state index contributed by atoms with van der Waals surface area (Å²) >= 11 is 1.81. The summed E-state index contributed by atoms with van der Waals surface area (Å²) in [7, 11) is 4.24. The standard InChI is InChI=1S/C14H19N3S/c1-17(2)13(14-7-5-9-18-14)11-15-10-12-6-3-4-8-16-12/h3-9,13,15H,10-11H2,1-2H3. The molecule has 18 heavy (non-hydrogen) atoms. The van der Waals surface area contributed by atoms with Gasteiger partial charge in [-0.05, 0) is 37.7 Å². The third kappa shape index (κ3) is 3.63. The zero-order valence-electron chi connectivity index (χ0n) is 10.8. The first-order valence-corrected chi connectivity index (χ1v) is 6.96. The molecule has 2 heterocycles. The molecule has 1 N–H and O–H groups in total. The molecule has 1 unspecified atom stereocenters. The van der Waals surface area contributed by atoms with Crippen molar-refractivity contribution in [1.82, 2.24) is 15.2 Å². The molecule has 96 valence electrons. The first kappa shape index (κ1) is 13.2. The molecule has 2 aromatic rings. The van der Waals surface area contributed by atoms with Gasteiger partial charge in [-0.1, -0.05) is 12.1 Å². The van der Waals surface area contributed by atoms with E-state index in [1.54, 1.807) is 0 Å². The van der Waals surface area contributed by atoms with Gasteiger partial charge in [-0.15, -0.1) is 11.3 Å².